The summed E-state index contributed by atoms with van der Waals surface area (Å²) in [6.07, 6.45) is 0. The zero-order valence-electron chi connectivity index (χ0n) is 13.8. The maximum atomic E-state index is 12.4. The second kappa shape index (κ2) is 7.97. The molecule has 0 radical (unpaired) electrons. The number of ether oxygens (including phenoxy) is 1. The Morgan fingerprint density at radius 2 is 1.92 bits per heavy atom. The minimum Gasteiger partial charge on any atom is -0.495 e. The first kappa shape index (κ1) is 18.0. The van der Waals surface area contributed by atoms with Crippen molar-refractivity contribution in [3.8, 4) is 5.75 Å². The monoisotopic (exact) mass is 390 g/mol. The van der Waals surface area contributed by atoms with Gasteiger partial charge in [0.15, 0.2) is 0 Å². The van der Waals surface area contributed by atoms with Crippen LogP contribution in [0.3, 0.4) is 0 Å². The summed E-state index contributed by atoms with van der Waals surface area (Å²) in [4.78, 5) is 25.7. The van der Waals surface area contributed by atoms with Gasteiger partial charge < -0.3 is 10.1 Å². The number of anilines is 2. The Balaban J connectivity index is 2.18. The summed E-state index contributed by atoms with van der Waals surface area (Å²) in [5.41, 5.74) is 2.30. The number of nitrogens with zero attached hydrogens (tertiary/aromatic N) is 1. The van der Waals surface area contributed by atoms with Crippen LogP contribution < -0.4 is 15.0 Å². The molecule has 5 nitrogen and oxygen atoms in total. The van der Waals surface area contributed by atoms with Gasteiger partial charge in [0.2, 0.25) is 11.8 Å². The molecule has 0 saturated carbocycles. The fourth-order valence-electron chi connectivity index (χ4n) is 2.27. The van der Waals surface area contributed by atoms with Crippen LogP contribution in [0.2, 0.25) is 0 Å². The van der Waals surface area contributed by atoms with E-state index in [9.17, 15) is 9.59 Å². The maximum Gasteiger partial charge on any atom is 0.244 e. The van der Waals surface area contributed by atoms with E-state index in [0.717, 1.165) is 10.0 Å². The Hall–Kier alpha value is -2.34. The maximum absolute atomic E-state index is 12.4. The van der Waals surface area contributed by atoms with Crippen molar-refractivity contribution in [2.45, 2.75) is 13.8 Å². The summed E-state index contributed by atoms with van der Waals surface area (Å²) in [5, 5.41) is 2.81. The zero-order valence-corrected chi connectivity index (χ0v) is 15.4. The number of aryl methyl sites for hydroxylation is 1. The summed E-state index contributed by atoms with van der Waals surface area (Å²) in [6.45, 7) is 3.28. The molecule has 24 heavy (non-hydrogen) atoms. The number of hydrogen-bond donors (Lipinski definition) is 1. The minimum atomic E-state index is -0.291. The molecule has 0 bridgehead atoms. The van der Waals surface area contributed by atoms with Crippen molar-refractivity contribution in [1.82, 2.24) is 0 Å². The van der Waals surface area contributed by atoms with Crippen molar-refractivity contribution in [2.75, 3.05) is 23.9 Å². The van der Waals surface area contributed by atoms with Crippen LogP contribution in [-0.2, 0) is 9.59 Å². The Kier molecular flexibility index (Phi) is 5.98. The Labute approximate surface area is 149 Å². The number of benzene rings is 2. The molecular weight excluding hydrogens is 372 g/mol. The predicted molar refractivity (Wildman–Crippen MR) is 98.5 cm³/mol. The third kappa shape index (κ3) is 4.35. The fourth-order valence-corrected chi connectivity index (χ4v) is 2.87. The number of nitrogens with one attached hydrogen (secondary N) is 1. The van der Waals surface area contributed by atoms with E-state index in [0.29, 0.717) is 17.1 Å². The Bertz CT molecular complexity index is 762. The highest BCUT2D eigenvalue weighted by Gasteiger charge is 2.19. The average molecular weight is 391 g/mol. The molecular formula is C18H19BrN2O3. The van der Waals surface area contributed by atoms with Gasteiger partial charge in [-0.25, -0.2) is 0 Å². The molecule has 0 aliphatic carbocycles. The number of amides is 2. The van der Waals surface area contributed by atoms with Gasteiger partial charge in [-0.3, -0.25) is 14.5 Å². The number of halogens is 1. The standard InChI is InChI=1S/C18H19BrN2O3/c1-12-8-9-15(14(19)10-12)20-18(23)11-21(13(2)22)16-6-4-5-7-17(16)24-3/h4-10H,11H2,1-3H3,(H,20,23). The van der Waals surface area contributed by atoms with Crippen LogP contribution in [0.4, 0.5) is 11.4 Å². The topological polar surface area (TPSA) is 58.6 Å². The first-order chi connectivity index (χ1) is 11.4. The number of carbonyl (C=O) groups excluding carboxylic acids is 2. The summed E-state index contributed by atoms with van der Waals surface area (Å²) < 4.78 is 6.07. The molecule has 0 aliphatic heterocycles. The van der Waals surface area contributed by atoms with Gasteiger partial charge in [0.1, 0.15) is 12.3 Å². The van der Waals surface area contributed by atoms with Crippen molar-refractivity contribution in [3.05, 3.63) is 52.5 Å². The zero-order chi connectivity index (χ0) is 17.7. The molecule has 2 aromatic carbocycles. The van der Waals surface area contributed by atoms with Crippen molar-refractivity contribution in [3.63, 3.8) is 0 Å². The molecule has 0 heterocycles. The van der Waals surface area contributed by atoms with Crippen LogP contribution in [0.1, 0.15) is 12.5 Å². The van der Waals surface area contributed by atoms with E-state index in [1.54, 1.807) is 18.2 Å². The lowest BCUT2D eigenvalue weighted by atomic mass is 10.2. The minimum absolute atomic E-state index is 0.101. The summed E-state index contributed by atoms with van der Waals surface area (Å²) >= 11 is 3.42. The molecule has 0 fully saturated rings. The van der Waals surface area contributed by atoms with Gasteiger partial charge in [0.05, 0.1) is 18.5 Å². The van der Waals surface area contributed by atoms with Crippen LogP contribution in [0.5, 0.6) is 5.75 Å². The number of para-hydroxylation sites is 2. The molecule has 1 N–H and O–H groups in total. The number of hydrogen-bond acceptors (Lipinski definition) is 3. The van der Waals surface area contributed by atoms with Crippen LogP contribution in [0.15, 0.2) is 46.9 Å². The summed E-state index contributed by atoms with van der Waals surface area (Å²) in [7, 11) is 1.53. The first-order valence-electron chi connectivity index (χ1n) is 7.39. The van der Waals surface area contributed by atoms with Gasteiger partial charge in [-0.2, -0.15) is 0 Å². The Morgan fingerprint density at radius 3 is 2.54 bits per heavy atom. The quantitative estimate of drug-likeness (QED) is 0.845. The lowest BCUT2D eigenvalue weighted by Crippen LogP contribution is -2.37. The lowest BCUT2D eigenvalue weighted by molar-refractivity contribution is -0.120. The number of carbonyl (C=O) groups is 2. The molecule has 0 aliphatic rings. The van der Waals surface area contributed by atoms with Gasteiger partial charge in [0.25, 0.3) is 0 Å². The molecule has 2 amide bonds. The van der Waals surface area contributed by atoms with E-state index < -0.39 is 0 Å². The van der Waals surface area contributed by atoms with Crippen molar-refractivity contribution in [2.24, 2.45) is 0 Å². The fraction of sp³-hybridized carbons (Fsp3) is 0.222. The molecule has 0 unspecified atom stereocenters. The van der Waals surface area contributed by atoms with Crippen molar-refractivity contribution < 1.29 is 14.3 Å². The van der Waals surface area contributed by atoms with Gasteiger partial charge in [-0.15, -0.1) is 0 Å². The van der Waals surface area contributed by atoms with E-state index in [4.69, 9.17) is 4.74 Å². The number of methoxy groups -OCH3 is 1. The number of rotatable bonds is 5. The lowest BCUT2D eigenvalue weighted by Gasteiger charge is -2.22. The second-order valence-electron chi connectivity index (χ2n) is 5.31. The van der Waals surface area contributed by atoms with E-state index in [1.165, 1.54) is 18.9 Å². The molecule has 0 atom stereocenters. The van der Waals surface area contributed by atoms with E-state index in [-0.39, 0.29) is 18.4 Å². The van der Waals surface area contributed by atoms with Gasteiger partial charge in [0, 0.05) is 11.4 Å². The molecule has 0 saturated heterocycles. The van der Waals surface area contributed by atoms with Gasteiger partial charge >= 0.3 is 0 Å². The van der Waals surface area contributed by atoms with Crippen molar-refractivity contribution in [1.29, 1.82) is 0 Å². The van der Waals surface area contributed by atoms with E-state index in [2.05, 4.69) is 21.2 Å². The molecule has 0 spiro atoms. The van der Waals surface area contributed by atoms with Crippen LogP contribution in [0.25, 0.3) is 0 Å². The third-order valence-electron chi connectivity index (χ3n) is 3.46. The smallest absolute Gasteiger partial charge is 0.244 e. The van der Waals surface area contributed by atoms with E-state index >= 15 is 0 Å². The normalized spacial score (nSPS) is 10.2. The van der Waals surface area contributed by atoms with Crippen LogP contribution in [-0.4, -0.2) is 25.5 Å². The third-order valence-corrected chi connectivity index (χ3v) is 4.11. The largest absolute Gasteiger partial charge is 0.495 e. The van der Waals surface area contributed by atoms with Crippen LogP contribution in [0, 0.1) is 6.92 Å². The molecule has 2 aromatic rings. The highest BCUT2D eigenvalue weighted by molar-refractivity contribution is 9.10. The molecule has 0 aromatic heterocycles. The Morgan fingerprint density at radius 1 is 1.21 bits per heavy atom. The molecule has 126 valence electrons. The highest BCUT2D eigenvalue weighted by atomic mass is 79.9. The van der Waals surface area contributed by atoms with Gasteiger partial charge in [-0.05, 0) is 52.7 Å². The highest BCUT2D eigenvalue weighted by Crippen LogP contribution is 2.28. The van der Waals surface area contributed by atoms with Crippen LogP contribution >= 0.6 is 15.9 Å². The summed E-state index contributed by atoms with van der Waals surface area (Å²) in [5.74, 6) is 0.00953. The first-order valence-corrected chi connectivity index (χ1v) is 8.18. The predicted octanol–water partition coefficient (Wildman–Crippen LogP) is 3.76. The molecule has 6 heteroatoms. The summed E-state index contributed by atoms with van der Waals surface area (Å²) in [6, 6.07) is 12.7. The SMILES string of the molecule is COc1ccccc1N(CC(=O)Nc1ccc(C)cc1Br)C(C)=O. The van der Waals surface area contributed by atoms with Crippen molar-refractivity contribution >= 4 is 39.1 Å². The second-order valence-corrected chi connectivity index (χ2v) is 6.16. The van der Waals surface area contributed by atoms with Gasteiger partial charge in [-0.1, -0.05) is 18.2 Å². The molecule has 2 rings (SSSR count). The van der Waals surface area contributed by atoms with E-state index in [1.807, 2.05) is 31.2 Å². The average Bonchev–Trinajstić information content (AvgIpc) is 2.55.